The maximum Gasteiger partial charge on any atom is 0.295 e. The number of rotatable bonds is 3. The number of imidazole rings is 1. The number of fused-ring (bicyclic) bond motifs is 2. The van der Waals surface area contributed by atoms with Crippen LogP contribution in [0.2, 0.25) is 5.02 Å². The molecule has 2 aliphatic heterocycles. The molecule has 6 rings (SSSR count). The molecule has 1 fully saturated rings. The molecule has 0 spiro atoms. The fourth-order valence-electron chi connectivity index (χ4n) is 4.60. The molecular formula is C24H22ClN5O3. The van der Waals surface area contributed by atoms with Crippen LogP contribution in [0.1, 0.15) is 30.9 Å². The molecule has 4 aromatic rings. The molecule has 4 heterocycles. The number of aromatic nitrogens is 4. The van der Waals surface area contributed by atoms with Gasteiger partial charge in [0.2, 0.25) is 5.95 Å². The van der Waals surface area contributed by atoms with Gasteiger partial charge in [-0.25, -0.2) is 4.98 Å². The number of hydrogen-bond donors (Lipinski definition) is 1. The van der Waals surface area contributed by atoms with Crippen LogP contribution in [-0.2, 0) is 0 Å². The van der Waals surface area contributed by atoms with Crippen molar-refractivity contribution in [1.82, 2.24) is 19.7 Å². The highest BCUT2D eigenvalue weighted by atomic mass is 35.5. The molecule has 1 saturated heterocycles. The van der Waals surface area contributed by atoms with E-state index < -0.39 is 5.56 Å². The highest BCUT2D eigenvalue weighted by molar-refractivity contribution is 6.33. The number of nitrogens with zero attached hydrogens (tertiary/aromatic N) is 4. The first-order valence-electron chi connectivity index (χ1n) is 11.1. The third kappa shape index (κ3) is 3.51. The van der Waals surface area contributed by atoms with E-state index in [0.717, 1.165) is 53.9 Å². The monoisotopic (exact) mass is 463 g/mol. The van der Waals surface area contributed by atoms with Crippen LogP contribution in [0, 0.1) is 0 Å². The summed E-state index contributed by atoms with van der Waals surface area (Å²) >= 11 is 6.62. The minimum absolute atomic E-state index is 0.0721. The zero-order chi connectivity index (χ0) is 22.4. The van der Waals surface area contributed by atoms with Crippen LogP contribution < -0.4 is 19.9 Å². The third-order valence-corrected chi connectivity index (χ3v) is 6.55. The highest BCUT2D eigenvalue weighted by Gasteiger charge is 2.30. The Morgan fingerprint density at radius 3 is 2.79 bits per heavy atom. The Balaban J connectivity index is 1.35. The summed E-state index contributed by atoms with van der Waals surface area (Å²) < 4.78 is 12.9. The summed E-state index contributed by atoms with van der Waals surface area (Å²) in [6.45, 7) is 2.08. The lowest BCUT2D eigenvalue weighted by atomic mass is 10.0. The second-order valence-electron chi connectivity index (χ2n) is 8.25. The zero-order valence-corrected chi connectivity index (χ0v) is 18.6. The Bertz CT molecular complexity index is 1370. The van der Waals surface area contributed by atoms with Gasteiger partial charge in [-0.2, -0.15) is 9.78 Å². The molecule has 2 aromatic carbocycles. The number of ether oxygens (including phenoxy) is 2. The van der Waals surface area contributed by atoms with Gasteiger partial charge in [0.15, 0.2) is 11.5 Å². The van der Waals surface area contributed by atoms with E-state index >= 15 is 0 Å². The number of benzene rings is 2. The van der Waals surface area contributed by atoms with E-state index in [1.807, 2.05) is 36.4 Å². The number of hydrogen-bond acceptors (Lipinski definition) is 6. The van der Waals surface area contributed by atoms with Crippen molar-refractivity contribution in [1.29, 1.82) is 0 Å². The lowest BCUT2D eigenvalue weighted by Crippen LogP contribution is -2.29. The fraction of sp³-hybridized carbons (Fsp3) is 0.292. The fourth-order valence-corrected chi connectivity index (χ4v) is 4.84. The maximum absolute atomic E-state index is 13.1. The molecule has 2 aliphatic rings. The third-order valence-electron chi connectivity index (χ3n) is 6.20. The van der Waals surface area contributed by atoms with Gasteiger partial charge < -0.3 is 19.4 Å². The van der Waals surface area contributed by atoms with Gasteiger partial charge in [0, 0.05) is 13.0 Å². The smallest absolute Gasteiger partial charge is 0.295 e. The Hall–Kier alpha value is -3.52. The standard InChI is InChI=1S/C24H22ClN5O3/c25-22-19(14-26-30(23(22)31)24-27-16-5-1-2-6-17(16)28-24)29-10-3-7-18(29)15-8-9-20-21(13-15)33-12-4-11-32-20/h1-2,5-6,8-9,13-14,18H,3-4,7,10-12H2,(H,27,28)/t18-/m0/s1. The van der Waals surface area contributed by atoms with Crippen molar-refractivity contribution in [3.63, 3.8) is 0 Å². The van der Waals surface area contributed by atoms with Gasteiger partial charge in [0.05, 0.1) is 42.2 Å². The average molecular weight is 464 g/mol. The topological polar surface area (TPSA) is 85.3 Å². The molecule has 0 bridgehead atoms. The van der Waals surface area contributed by atoms with Gasteiger partial charge in [-0.15, -0.1) is 0 Å². The van der Waals surface area contributed by atoms with Crippen LogP contribution in [-0.4, -0.2) is 39.5 Å². The van der Waals surface area contributed by atoms with Crippen LogP contribution in [0.25, 0.3) is 17.0 Å². The number of anilines is 1. The first-order valence-corrected chi connectivity index (χ1v) is 11.5. The van der Waals surface area contributed by atoms with E-state index in [-0.39, 0.29) is 11.1 Å². The number of para-hydroxylation sites is 2. The SMILES string of the molecule is O=c1c(Cl)c(N2CCC[C@H]2c2ccc3c(c2)OCCCO3)cnn1-c1nc2ccccc2[nH]1. The quantitative estimate of drug-likeness (QED) is 0.488. The number of H-pyrrole nitrogens is 1. The summed E-state index contributed by atoms with van der Waals surface area (Å²) in [5, 5.41) is 4.53. The summed E-state index contributed by atoms with van der Waals surface area (Å²) in [5.41, 5.74) is 2.92. The summed E-state index contributed by atoms with van der Waals surface area (Å²) in [5.74, 6) is 1.88. The van der Waals surface area contributed by atoms with Crippen LogP contribution in [0.3, 0.4) is 0 Å². The minimum Gasteiger partial charge on any atom is -0.490 e. The van der Waals surface area contributed by atoms with Gasteiger partial charge in [0.1, 0.15) is 5.02 Å². The van der Waals surface area contributed by atoms with Gasteiger partial charge in [-0.05, 0) is 42.7 Å². The molecule has 8 nitrogen and oxygen atoms in total. The normalized spacial score (nSPS) is 18.0. The van der Waals surface area contributed by atoms with Crippen molar-refractivity contribution in [3.05, 3.63) is 69.6 Å². The van der Waals surface area contributed by atoms with Crippen molar-refractivity contribution in [2.45, 2.75) is 25.3 Å². The predicted octanol–water partition coefficient (Wildman–Crippen LogP) is 4.27. The summed E-state index contributed by atoms with van der Waals surface area (Å²) in [4.78, 5) is 22.9. The molecule has 0 unspecified atom stereocenters. The maximum atomic E-state index is 13.1. The molecule has 0 saturated carbocycles. The van der Waals surface area contributed by atoms with Gasteiger partial charge >= 0.3 is 0 Å². The summed E-state index contributed by atoms with van der Waals surface area (Å²) in [6.07, 6.45) is 4.45. The molecule has 0 radical (unpaired) electrons. The molecule has 1 atom stereocenters. The summed E-state index contributed by atoms with van der Waals surface area (Å²) in [7, 11) is 0. The Morgan fingerprint density at radius 2 is 1.91 bits per heavy atom. The number of aromatic amines is 1. The number of nitrogens with one attached hydrogen (secondary N) is 1. The second kappa shape index (κ2) is 8.12. The zero-order valence-electron chi connectivity index (χ0n) is 17.8. The van der Waals surface area contributed by atoms with Crippen LogP contribution >= 0.6 is 11.6 Å². The van der Waals surface area contributed by atoms with Crippen molar-refractivity contribution < 1.29 is 9.47 Å². The Labute approximate surface area is 194 Å². The molecule has 9 heteroatoms. The second-order valence-corrected chi connectivity index (χ2v) is 8.62. The predicted molar refractivity (Wildman–Crippen MR) is 126 cm³/mol. The Kier molecular flexibility index (Phi) is 4.95. The lowest BCUT2D eigenvalue weighted by molar-refractivity contribution is 0.297. The first-order chi connectivity index (χ1) is 16.2. The molecule has 33 heavy (non-hydrogen) atoms. The van der Waals surface area contributed by atoms with E-state index in [9.17, 15) is 4.79 Å². The number of halogens is 1. The van der Waals surface area contributed by atoms with Gasteiger partial charge in [-0.1, -0.05) is 29.8 Å². The summed E-state index contributed by atoms with van der Waals surface area (Å²) in [6, 6.07) is 13.7. The molecular weight excluding hydrogens is 442 g/mol. The average Bonchev–Trinajstić information content (AvgIpc) is 3.42. The van der Waals surface area contributed by atoms with Gasteiger partial charge in [-0.3, -0.25) is 4.79 Å². The first kappa shape index (κ1) is 20.1. The Morgan fingerprint density at radius 1 is 1.06 bits per heavy atom. The highest BCUT2D eigenvalue weighted by Crippen LogP contribution is 2.41. The largest absolute Gasteiger partial charge is 0.490 e. The van der Waals surface area contributed by atoms with E-state index in [1.54, 1.807) is 6.20 Å². The van der Waals surface area contributed by atoms with Gasteiger partial charge in [0.25, 0.3) is 5.56 Å². The van der Waals surface area contributed by atoms with Crippen molar-refractivity contribution in [2.24, 2.45) is 0 Å². The molecule has 1 N–H and O–H groups in total. The molecule has 168 valence electrons. The van der Waals surface area contributed by atoms with Crippen molar-refractivity contribution in [2.75, 3.05) is 24.7 Å². The molecule has 0 aliphatic carbocycles. The van der Waals surface area contributed by atoms with Crippen LogP contribution in [0.5, 0.6) is 11.5 Å². The van der Waals surface area contributed by atoms with Crippen LogP contribution in [0.15, 0.2) is 53.5 Å². The van der Waals surface area contributed by atoms with E-state index in [4.69, 9.17) is 21.1 Å². The molecule has 2 aromatic heterocycles. The molecule has 0 amide bonds. The minimum atomic E-state index is -0.405. The van der Waals surface area contributed by atoms with Crippen molar-refractivity contribution >= 4 is 28.3 Å². The van der Waals surface area contributed by atoms with E-state index in [1.165, 1.54) is 4.68 Å². The lowest BCUT2D eigenvalue weighted by Gasteiger charge is -2.28. The van der Waals surface area contributed by atoms with E-state index in [0.29, 0.717) is 24.8 Å². The van der Waals surface area contributed by atoms with E-state index in [2.05, 4.69) is 26.0 Å². The van der Waals surface area contributed by atoms with Crippen LogP contribution in [0.4, 0.5) is 5.69 Å². The van der Waals surface area contributed by atoms with Crippen molar-refractivity contribution in [3.8, 4) is 17.4 Å².